The lowest BCUT2D eigenvalue weighted by atomic mass is 10.2. The second-order valence-electron chi connectivity index (χ2n) is 3.55. The van der Waals surface area contributed by atoms with Crippen LogP contribution in [0.2, 0.25) is 0 Å². The molecule has 2 aromatic rings. The summed E-state index contributed by atoms with van der Waals surface area (Å²) in [7, 11) is 1.85. The van der Waals surface area contributed by atoms with Gasteiger partial charge in [0.05, 0.1) is 0 Å². The third-order valence-corrected chi connectivity index (χ3v) is 2.42. The first-order chi connectivity index (χ1) is 7.72. The van der Waals surface area contributed by atoms with Gasteiger partial charge < -0.3 is 10.3 Å². The maximum Gasteiger partial charge on any atom is 0.163 e. The lowest BCUT2D eigenvalue weighted by Gasteiger charge is -2.03. The fraction of sp³-hybridized carbons (Fsp3) is 0.273. The lowest BCUT2D eigenvalue weighted by Crippen LogP contribution is -2.08. The average molecular weight is 220 g/mol. The Hall–Kier alpha value is -1.75. The van der Waals surface area contributed by atoms with Gasteiger partial charge >= 0.3 is 0 Å². The third-order valence-electron chi connectivity index (χ3n) is 2.42. The van der Waals surface area contributed by atoms with Crippen LogP contribution in [-0.4, -0.2) is 21.3 Å². The molecule has 0 spiro atoms. The van der Waals surface area contributed by atoms with Crippen molar-refractivity contribution < 1.29 is 4.39 Å². The predicted molar refractivity (Wildman–Crippen MR) is 59.2 cm³/mol. The first kappa shape index (κ1) is 10.8. The first-order valence-corrected chi connectivity index (χ1v) is 5.06. The summed E-state index contributed by atoms with van der Waals surface area (Å²) >= 11 is 0. The smallest absolute Gasteiger partial charge is 0.163 e. The molecule has 1 aromatic heterocycles. The number of benzene rings is 1. The molecule has 0 aliphatic heterocycles. The van der Waals surface area contributed by atoms with Gasteiger partial charge in [-0.2, -0.15) is 0 Å². The molecule has 0 bridgehead atoms. The molecule has 2 rings (SSSR count). The zero-order valence-corrected chi connectivity index (χ0v) is 9.02. The molecule has 0 saturated heterocycles. The van der Waals surface area contributed by atoms with Crippen molar-refractivity contribution in [3.8, 4) is 11.4 Å². The van der Waals surface area contributed by atoms with E-state index in [1.54, 1.807) is 12.1 Å². The summed E-state index contributed by atoms with van der Waals surface area (Å²) in [4.78, 5) is 0. The van der Waals surface area contributed by atoms with Gasteiger partial charge in [-0.3, -0.25) is 0 Å². The molecule has 16 heavy (non-hydrogen) atoms. The lowest BCUT2D eigenvalue weighted by molar-refractivity contribution is 0.628. The van der Waals surface area contributed by atoms with Gasteiger partial charge in [0, 0.05) is 19.0 Å². The van der Waals surface area contributed by atoms with Crippen molar-refractivity contribution in [3.63, 3.8) is 0 Å². The molecule has 2 N–H and O–H groups in total. The van der Waals surface area contributed by atoms with Gasteiger partial charge in [-0.05, 0) is 18.7 Å². The topological polar surface area (TPSA) is 56.7 Å². The highest BCUT2D eigenvalue weighted by Gasteiger charge is 2.10. The first-order valence-electron chi connectivity index (χ1n) is 5.06. The van der Waals surface area contributed by atoms with Crippen LogP contribution in [0.5, 0.6) is 0 Å². The van der Waals surface area contributed by atoms with Crippen LogP contribution in [0.4, 0.5) is 4.39 Å². The fourth-order valence-electron chi connectivity index (χ4n) is 1.59. The van der Waals surface area contributed by atoms with E-state index in [1.807, 2.05) is 11.6 Å². The van der Waals surface area contributed by atoms with Crippen LogP contribution in [0.1, 0.15) is 5.82 Å². The minimum absolute atomic E-state index is 0.277. The minimum atomic E-state index is -0.277. The SMILES string of the molecule is Cn1c(CCN)nnc1-c1cccc(F)c1. The van der Waals surface area contributed by atoms with Crippen LogP contribution in [0.3, 0.4) is 0 Å². The largest absolute Gasteiger partial charge is 0.330 e. The Morgan fingerprint density at radius 3 is 2.88 bits per heavy atom. The molecular formula is C11H13FN4. The molecule has 0 fully saturated rings. The van der Waals surface area contributed by atoms with Gasteiger partial charge in [-0.25, -0.2) is 4.39 Å². The van der Waals surface area contributed by atoms with E-state index in [9.17, 15) is 4.39 Å². The molecule has 4 nitrogen and oxygen atoms in total. The fourth-order valence-corrected chi connectivity index (χ4v) is 1.59. The maximum absolute atomic E-state index is 13.1. The number of hydrogen-bond donors (Lipinski definition) is 1. The van der Waals surface area contributed by atoms with Crippen molar-refractivity contribution in [2.75, 3.05) is 6.54 Å². The standard InChI is InChI=1S/C11H13FN4/c1-16-10(5-6-13)14-15-11(16)8-3-2-4-9(12)7-8/h2-4,7H,5-6,13H2,1H3. The van der Waals surface area contributed by atoms with E-state index in [0.717, 1.165) is 11.4 Å². The summed E-state index contributed by atoms with van der Waals surface area (Å²) in [6, 6.07) is 6.30. The van der Waals surface area contributed by atoms with Gasteiger partial charge in [0.15, 0.2) is 5.82 Å². The van der Waals surface area contributed by atoms with Crippen molar-refractivity contribution in [3.05, 3.63) is 35.9 Å². The van der Waals surface area contributed by atoms with Crippen molar-refractivity contribution in [1.29, 1.82) is 0 Å². The highest BCUT2D eigenvalue weighted by molar-refractivity contribution is 5.55. The predicted octanol–water partition coefficient (Wildman–Crippen LogP) is 1.12. The summed E-state index contributed by atoms with van der Waals surface area (Å²) < 4.78 is 14.9. The van der Waals surface area contributed by atoms with Crippen molar-refractivity contribution in [1.82, 2.24) is 14.8 Å². The Bertz CT molecular complexity index is 492. The molecule has 0 amide bonds. The van der Waals surface area contributed by atoms with Crippen molar-refractivity contribution >= 4 is 0 Å². The monoisotopic (exact) mass is 220 g/mol. The van der Waals surface area contributed by atoms with Gasteiger partial charge in [0.25, 0.3) is 0 Å². The highest BCUT2D eigenvalue weighted by atomic mass is 19.1. The Balaban J connectivity index is 2.41. The van der Waals surface area contributed by atoms with E-state index in [4.69, 9.17) is 5.73 Å². The molecule has 0 saturated carbocycles. The Kier molecular flexibility index (Phi) is 2.96. The molecule has 0 unspecified atom stereocenters. The van der Waals surface area contributed by atoms with Crippen LogP contribution in [0, 0.1) is 5.82 Å². The normalized spacial score (nSPS) is 10.7. The van der Waals surface area contributed by atoms with E-state index in [-0.39, 0.29) is 5.82 Å². The zero-order valence-electron chi connectivity index (χ0n) is 9.02. The summed E-state index contributed by atoms with van der Waals surface area (Å²) in [6.45, 7) is 0.523. The van der Waals surface area contributed by atoms with Crippen LogP contribution in [0.15, 0.2) is 24.3 Å². The van der Waals surface area contributed by atoms with Gasteiger partial charge in [0.2, 0.25) is 0 Å². The number of rotatable bonds is 3. The number of halogens is 1. The number of hydrogen-bond acceptors (Lipinski definition) is 3. The summed E-state index contributed by atoms with van der Waals surface area (Å²) in [5.74, 6) is 1.19. The molecule has 5 heteroatoms. The molecule has 1 heterocycles. The Morgan fingerprint density at radius 1 is 1.38 bits per heavy atom. The highest BCUT2D eigenvalue weighted by Crippen LogP contribution is 2.18. The van der Waals surface area contributed by atoms with Gasteiger partial charge in [-0.1, -0.05) is 12.1 Å². The van der Waals surface area contributed by atoms with Crippen molar-refractivity contribution in [2.45, 2.75) is 6.42 Å². The van der Waals surface area contributed by atoms with Gasteiger partial charge in [0.1, 0.15) is 11.6 Å². The second-order valence-corrected chi connectivity index (χ2v) is 3.55. The van der Waals surface area contributed by atoms with Crippen LogP contribution in [-0.2, 0) is 13.5 Å². The Morgan fingerprint density at radius 2 is 2.19 bits per heavy atom. The van der Waals surface area contributed by atoms with Gasteiger partial charge in [-0.15, -0.1) is 10.2 Å². The van der Waals surface area contributed by atoms with E-state index >= 15 is 0 Å². The number of nitrogens with zero attached hydrogens (tertiary/aromatic N) is 3. The summed E-state index contributed by atoms with van der Waals surface area (Å²) in [6.07, 6.45) is 0.665. The summed E-state index contributed by atoms with van der Waals surface area (Å²) in [5, 5.41) is 8.06. The summed E-state index contributed by atoms with van der Waals surface area (Å²) in [5.41, 5.74) is 6.18. The molecule has 84 valence electrons. The van der Waals surface area contributed by atoms with E-state index in [2.05, 4.69) is 10.2 Å². The molecule has 1 aromatic carbocycles. The second kappa shape index (κ2) is 4.40. The number of aromatic nitrogens is 3. The van der Waals surface area contributed by atoms with Crippen molar-refractivity contribution in [2.24, 2.45) is 12.8 Å². The molecule has 0 aliphatic carbocycles. The number of nitrogens with two attached hydrogens (primary N) is 1. The molecule has 0 atom stereocenters. The molecular weight excluding hydrogens is 207 g/mol. The third kappa shape index (κ3) is 1.94. The average Bonchev–Trinajstić information content (AvgIpc) is 2.61. The van der Waals surface area contributed by atoms with E-state index in [0.29, 0.717) is 18.8 Å². The van der Waals surface area contributed by atoms with E-state index in [1.165, 1.54) is 12.1 Å². The quantitative estimate of drug-likeness (QED) is 0.843. The minimum Gasteiger partial charge on any atom is -0.330 e. The zero-order chi connectivity index (χ0) is 11.5. The molecule has 0 aliphatic rings. The van der Waals surface area contributed by atoms with E-state index < -0.39 is 0 Å². The maximum atomic E-state index is 13.1. The Labute approximate surface area is 92.9 Å². The van der Waals surface area contributed by atoms with Crippen LogP contribution < -0.4 is 5.73 Å². The van der Waals surface area contributed by atoms with Crippen LogP contribution >= 0.6 is 0 Å². The van der Waals surface area contributed by atoms with Crippen LogP contribution in [0.25, 0.3) is 11.4 Å². The molecule has 0 radical (unpaired) electrons.